The topological polar surface area (TPSA) is 79.0 Å². The molecule has 0 fully saturated rings. The standard InChI is InChI=1S/C12H20N4O2/c1-2-18-5-3-4-13-12(17)10-6-9-11(7-14-10)16-8-15-9/h8,10,14H,2-7H2,1H3,(H,13,17)(H,15,16). The number of aromatic amines is 1. The largest absolute Gasteiger partial charge is 0.382 e. The van der Waals surface area contributed by atoms with Crippen molar-refractivity contribution >= 4 is 5.91 Å². The molecule has 1 aromatic rings. The van der Waals surface area contributed by atoms with Gasteiger partial charge >= 0.3 is 0 Å². The number of rotatable bonds is 6. The summed E-state index contributed by atoms with van der Waals surface area (Å²) in [5, 5.41) is 6.11. The van der Waals surface area contributed by atoms with E-state index in [2.05, 4.69) is 20.6 Å². The molecule has 3 N–H and O–H groups in total. The number of hydrogen-bond donors (Lipinski definition) is 3. The lowest BCUT2D eigenvalue weighted by atomic mass is 10.0. The molecule has 2 rings (SSSR count). The Hall–Kier alpha value is -1.40. The van der Waals surface area contributed by atoms with E-state index in [1.807, 2.05) is 6.92 Å². The third-order valence-electron chi connectivity index (χ3n) is 3.02. The van der Waals surface area contributed by atoms with Crippen LogP contribution in [0.2, 0.25) is 0 Å². The maximum absolute atomic E-state index is 11.9. The smallest absolute Gasteiger partial charge is 0.237 e. The van der Waals surface area contributed by atoms with E-state index in [1.54, 1.807) is 6.33 Å². The van der Waals surface area contributed by atoms with E-state index in [1.165, 1.54) is 0 Å². The number of amides is 1. The van der Waals surface area contributed by atoms with Gasteiger partial charge in [-0.05, 0) is 13.3 Å². The first-order chi connectivity index (χ1) is 8.81. The van der Waals surface area contributed by atoms with Gasteiger partial charge < -0.3 is 15.0 Å². The van der Waals surface area contributed by atoms with Gasteiger partial charge in [0.1, 0.15) is 0 Å². The third-order valence-corrected chi connectivity index (χ3v) is 3.02. The Labute approximate surface area is 107 Å². The molecule has 0 aromatic carbocycles. The van der Waals surface area contributed by atoms with Crippen molar-refractivity contribution in [3.63, 3.8) is 0 Å². The summed E-state index contributed by atoms with van der Waals surface area (Å²) in [6.45, 7) is 4.71. The summed E-state index contributed by atoms with van der Waals surface area (Å²) in [7, 11) is 0. The molecule has 1 unspecified atom stereocenters. The fourth-order valence-corrected chi connectivity index (χ4v) is 2.01. The number of fused-ring (bicyclic) bond motifs is 1. The van der Waals surface area contributed by atoms with Gasteiger partial charge in [-0.15, -0.1) is 0 Å². The Morgan fingerprint density at radius 1 is 1.67 bits per heavy atom. The molecule has 18 heavy (non-hydrogen) atoms. The molecule has 0 spiro atoms. The number of aromatic nitrogens is 2. The van der Waals surface area contributed by atoms with Gasteiger partial charge in [-0.1, -0.05) is 0 Å². The van der Waals surface area contributed by atoms with Crippen LogP contribution < -0.4 is 10.6 Å². The van der Waals surface area contributed by atoms with Gasteiger partial charge in [0, 0.05) is 32.7 Å². The molecule has 0 saturated heterocycles. The van der Waals surface area contributed by atoms with Crippen LogP contribution in [0.4, 0.5) is 0 Å². The van der Waals surface area contributed by atoms with Crippen LogP contribution in [0.3, 0.4) is 0 Å². The first-order valence-corrected chi connectivity index (χ1v) is 6.41. The lowest BCUT2D eigenvalue weighted by Gasteiger charge is -2.22. The summed E-state index contributed by atoms with van der Waals surface area (Å²) < 4.78 is 5.22. The average molecular weight is 252 g/mol. The highest BCUT2D eigenvalue weighted by Crippen LogP contribution is 2.11. The number of imidazole rings is 1. The second kappa shape index (κ2) is 6.51. The molecule has 0 saturated carbocycles. The van der Waals surface area contributed by atoms with Crippen LogP contribution in [-0.4, -0.2) is 41.7 Å². The minimum Gasteiger partial charge on any atom is -0.382 e. The summed E-state index contributed by atoms with van der Waals surface area (Å²) in [6, 6.07) is -0.173. The van der Waals surface area contributed by atoms with Gasteiger partial charge in [0.25, 0.3) is 0 Å². The second-order valence-corrected chi connectivity index (χ2v) is 4.31. The Morgan fingerprint density at radius 2 is 2.56 bits per heavy atom. The van der Waals surface area contributed by atoms with Crippen LogP contribution >= 0.6 is 0 Å². The van der Waals surface area contributed by atoms with E-state index in [9.17, 15) is 4.79 Å². The minimum atomic E-state index is -0.173. The van der Waals surface area contributed by atoms with E-state index >= 15 is 0 Å². The van der Waals surface area contributed by atoms with E-state index in [4.69, 9.17) is 4.74 Å². The van der Waals surface area contributed by atoms with Crippen LogP contribution in [0, 0.1) is 0 Å². The predicted octanol–water partition coefficient (Wildman–Crippen LogP) is -0.0332. The summed E-state index contributed by atoms with van der Waals surface area (Å²) in [6.07, 6.45) is 3.17. The fourth-order valence-electron chi connectivity index (χ4n) is 2.01. The summed E-state index contributed by atoms with van der Waals surface area (Å²) in [4.78, 5) is 19.2. The summed E-state index contributed by atoms with van der Waals surface area (Å²) in [5.74, 6) is 0.0418. The molecule has 1 aromatic heterocycles. The molecule has 1 aliphatic rings. The Morgan fingerprint density at radius 3 is 3.39 bits per heavy atom. The van der Waals surface area contributed by atoms with E-state index in [0.717, 1.165) is 24.4 Å². The highest BCUT2D eigenvalue weighted by Gasteiger charge is 2.25. The van der Waals surface area contributed by atoms with Crippen molar-refractivity contribution in [1.82, 2.24) is 20.6 Å². The molecule has 0 bridgehead atoms. The van der Waals surface area contributed by atoms with E-state index in [-0.39, 0.29) is 11.9 Å². The number of H-pyrrole nitrogens is 1. The SMILES string of the molecule is CCOCCCNC(=O)C1Cc2nc[nH]c2CN1. The number of nitrogens with one attached hydrogen (secondary N) is 3. The van der Waals surface area contributed by atoms with Crippen molar-refractivity contribution in [3.05, 3.63) is 17.7 Å². The number of carbonyl (C=O) groups is 1. The van der Waals surface area contributed by atoms with Gasteiger partial charge in [0.15, 0.2) is 0 Å². The third kappa shape index (κ3) is 3.30. The zero-order valence-electron chi connectivity index (χ0n) is 10.7. The molecule has 0 radical (unpaired) electrons. The number of carbonyl (C=O) groups excluding carboxylic acids is 1. The molecule has 1 amide bonds. The van der Waals surface area contributed by atoms with Crippen molar-refractivity contribution in [1.29, 1.82) is 0 Å². The highest BCUT2D eigenvalue weighted by atomic mass is 16.5. The zero-order chi connectivity index (χ0) is 12.8. The van der Waals surface area contributed by atoms with Gasteiger partial charge in [-0.25, -0.2) is 4.98 Å². The number of ether oxygens (including phenoxy) is 1. The molecular formula is C12H20N4O2. The van der Waals surface area contributed by atoms with Crippen molar-refractivity contribution in [2.75, 3.05) is 19.8 Å². The van der Waals surface area contributed by atoms with Crippen LogP contribution in [-0.2, 0) is 22.5 Å². The van der Waals surface area contributed by atoms with Crippen molar-refractivity contribution in [2.45, 2.75) is 32.4 Å². The van der Waals surface area contributed by atoms with Gasteiger partial charge in [-0.3, -0.25) is 10.1 Å². The molecule has 2 heterocycles. The quantitative estimate of drug-likeness (QED) is 0.621. The van der Waals surface area contributed by atoms with E-state index < -0.39 is 0 Å². The van der Waals surface area contributed by atoms with Gasteiger partial charge in [-0.2, -0.15) is 0 Å². The fraction of sp³-hybridized carbons (Fsp3) is 0.667. The van der Waals surface area contributed by atoms with Crippen LogP contribution in [0.25, 0.3) is 0 Å². The molecule has 1 atom stereocenters. The Balaban J connectivity index is 1.71. The molecule has 1 aliphatic heterocycles. The molecular weight excluding hydrogens is 232 g/mol. The van der Waals surface area contributed by atoms with Crippen molar-refractivity contribution < 1.29 is 9.53 Å². The van der Waals surface area contributed by atoms with Crippen molar-refractivity contribution in [3.8, 4) is 0 Å². The summed E-state index contributed by atoms with van der Waals surface area (Å²) >= 11 is 0. The molecule has 6 nitrogen and oxygen atoms in total. The zero-order valence-corrected chi connectivity index (χ0v) is 10.7. The normalized spacial score (nSPS) is 18.4. The average Bonchev–Trinajstić information content (AvgIpc) is 2.85. The van der Waals surface area contributed by atoms with Crippen LogP contribution in [0.15, 0.2) is 6.33 Å². The monoisotopic (exact) mass is 252 g/mol. The predicted molar refractivity (Wildman–Crippen MR) is 67.0 cm³/mol. The van der Waals surface area contributed by atoms with E-state index in [0.29, 0.717) is 26.1 Å². The molecule has 0 aliphatic carbocycles. The first kappa shape index (κ1) is 13.0. The maximum atomic E-state index is 11.9. The maximum Gasteiger partial charge on any atom is 0.237 e. The number of hydrogen-bond acceptors (Lipinski definition) is 4. The van der Waals surface area contributed by atoms with Crippen LogP contribution in [0.5, 0.6) is 0 Å². The lowest BCUT2D eigenvalue weighted by Crippen LogP contribution is -2.48. The molecule has 6 heteroatoms. The first-order valence-electron chi connectivity index (χ1n) is 6.41. The van der Waals surface area contributed by atoms with Crippen LogP contribution in [0.1, 0.15) is 24.7 Å². The Bertz CT molecular complexity index is 391. The Kier molecular flexibility index (Phi) is 4.72. The number of nitrogens with zero attached hydrogens (tertiary/aromatic N) is 1. The highest BCUT2D eigenvalue weighted by molar-refractivity contribution is 5.82. The second-order valence-electron chi connectivity index (χ2n) is 4.31. The summed E-state index contributed by atoms with van der Waals surface area (Å²) in [5.41, 5.74) is 2.07. The van der Waals surface area contributed by atoms with Crippen molar-refractivity contribution in [2.24, 2.45) is 0 Å². The lowest BCUT2D eigenvalue weighted by molar-refractivity contribution is -0.123. The minimum absolute atomic E-state index is 0.0418. The van der Waals surface area contributed by atoms with Gasteiger partial charge in [0.05, 0.1) is 23.8 Å². The molecule has 100 valence electrons. The van der Waals surface area contributed by atoms with Gasteiger partial charge in [0.2, 0.25) is 5.91 Å².